The smallest absolute Gasteiger partial charge is 0.273 e. The van der Waals surface area contributed by atoms with Crippen LogP contribution in [0.5, 0.6) is 11.5 Å². The van der Waals surface area contributed by atoms with Crippen molar-refractivity contribution in [2.24, 2.45) is 0 Å². The summed E-state index contributed by atoms with van der Waals surface area (Å²) in [5, 5.41) is 9.18. The Labute approximate surface area is 191 Å². The van der Waals surface area contributed by atoms with Crippen molar-refractivity contribution < 1.29 is 18.8 Å². The molecule has 2 aliphatic rings. The van der Waals surface area contributed by atoms with Crippen LogP contribution < -0.4 is 14.8 Å². The molecule has 1 amide bonds. The number of carbonyl (C=O) groups is 1. The Bertz CT molecular complexity index is 1040. The number of amides is 1. The Morgan fingerprint density at radius 2 is 1.88 bits per heavy atom. The van der Waals surface area contributed by atoms with Gasteiger partial charge in [-0.05, 0) is 55.6 Å². The molecule has 0 unspecified atom stereocenters. The fourth-order valence-corrected chi connectivity index (χ4v) is 5.15. The van der Waals surface area contributed by atoms with Crippen LogP contribution in [0.25, 0.3) is 11.3 Å². The highest BCUT2D eigenvalue weighted by atomic mass is 32.1. The standard InChI is InChI=1S/C24H27N3O4S/c28-24(25-16-19(23-6-5-13-32-23)27-9-3-1-2-4-10-27)18-15-21(31-26-18)17-7-8-20-22(14-17)30-12-11-29-20/h5-8,13-15,19H,1-4,9-12,16H2,(H,25,28)/t19-/m1/s1. The summed E-state index contributed by atoms with van der Waals surface area (Å²) in [5.74, 6) is 1.68. The van der Waals surface area contributed by atoms with Gasteiger partial charge in [0, 0.05) is 23.1 Å². The van der Waals surface area contributed by atoms with Crippen LogP contribution in [0.1, 0.15) is 47.1 Å². The monoisotopic (exact) mass is 453 g/mol. The first-order valence-electron chi connectivity index (χ1n) is 11.2. The van der Waals surface area contributed by atoms with Gasteiger partial charge in [-0.3, -0.25) is 9.69 Å². The van der Waals surface area contributed by atoms with E-state index in [-0.39, 0.29) is 17.6 Å². The normalized spacial score (nSPS) is 17.5. The summed E-state index contributed by atoms with van der Waals surface area (Å²) >= 11 is 1.74. The van der Waals surface area contributed by atoms with Crippen molar-refractivity contribution in [3.8, 4) is 22.8 Å². The van der Waals surface area contributed by atoms with Gasteiger partial charge in [-0.15, -0.1) is 11.3 Å². The molecule has 5 rings (SSSR count). The number of nitrogens with one attached hydrogen (secondary N) is 1. The van der Waals surface area contributed by atoms with E-state index in [2.05, 4.69) is 32.9 Å². The fourth-order valence-electron chi connectivity index (χ4n) is 4.29. The summed E-state index contributed by atoms with van der Waals surface area (Å²) in [6.45, 7) is 3.74. The molecule has 1 atom stereocenters. The van der Waals surface area contributed by atoms with E-state index in [1.807, 2.05) is 18.2 Å². The van der Waals surface area contributed by atoms with Gasteiger partial charge in [0.15, 0.2) is 23.0 Å². The number of ether oxygens (including phenoxy) is 2. The maximum atomic E-state index is 12.9. The summed E-state index contributed by atoms with van der Waals surface area (Å²) in [6, 6.07) is 11.7. The third-order valence-electron chi connectivity index (χ3n) is 5.98. The lowest BCUT2D eigenvalue weighted by atomic mass is 10.1. The van der Waals surface area contributed by atoms with Crippen molar-refractivity contribution in [3.63, 3.8) is 0 Å². The molecule has 1 fully saturated rings. The number of thiophene rings is 1. The van der Waals surface area contributed by atoms with E-state index in [0.717, 1.165) is 18.7 Å². The van der Waals surface area contributed by atoms with E-state index in [9.17, 15) is 4.79 Å². The topological polar surface area (TPSA) is 76.8 Å². The summed E-state index contributed by atoms with van der Waals surface area (Å²) in [5.41, 5.74) is 1.07. The predicted molar refractivity (Wildman–Crippen MR) is 122 cm³/mol. The third-order valence-corrected chi connectivity index (χ3v) is 6.95. The average molecular weight is 454 g/mol. The predicted octanol–water partition coefficient (Wildman–Crippen LogP) is 4.52. The van der Waals surface area contributed by atoms with Gasteiger partial charge in [0.1, 0.15) is 13.2 Å². The number of fused-ring (bicyclic) bond motifs is 1. The zero-order chi connectivity index (χ0) is 21.8. The molecule has 0 bridgehead atoms. The number of likely N-dealkylation sites (tertiary alicyclic amines) is 1. The Balaban J connectivity index is 1.27. The highest BCUT2D eigenvalue weighted by Crippen LogP contribution is 2.34. The molecule has 2 aliphatic heterocycles. The van der Waals surface area contributed by atoms with Gasteiger partial charge in [-0.25, -0.2) is 0 Å². The van der Waals surface area contributed by atoms with E-state index < -0.39 is 0 Å². The Hall–Kier alpha value is -2.84. The molecule has 1 aromatic carbocycles. The van der Waals surface area contributed by atoms with E-state index in [1.54, 1.807) is 17.4 Å². The van der Waals surface area contributed by atoms with Gasteiger partial charge in [0.2, 0.25) is 0 Å². The first kappa shape index (κ1) is 21.0. The Kier molecular flexibility index (Phi) is 6.41. The Morgan fingerprint density at radius 3 is 2.66 bits per heavy atom. The van der Waals surface area contributed by atoms with E-state index in [4.69, 9.17) is 14.0 Å². The van der Waals surface area contributed by atoms with Crippen molar-refractivity contribution in [2.45, 2.75) is 31.7 Å². The summed E-state index contributed by atoms with van der Waals surface area (Å²) in [7, 11) is 0. The summed E-state index contributed by atoms with van der Waals surface area (Å²) in [6.07, 6.45) is 4.97. The summed E-state index contributed by atoms with van der Waals surface area (Å²) in [4.78, 5) is 16.6. The third kappa shape index (κ3) is 4.66. The molecule has 168 valence electrons. The second kappa shape index (κ2) is 9.75. The maximum absolute atomic E-state index is 12.9. The molecule has 0 radical (unpaired) electrons. The second-order valence-electron chi connectivity index (χ2n) is 8.13. The summed E-state index contributed by atoms with van der Waals surface area (Å²) < 4.78 is 16.7. The molecule has 32 heavy (non-hydrogen) atoms. The minimum atomic E-state index is -0.228. The highest BCUT2D eigenvalue weighted by Gasteiger charge is 2.24. The molecule has 0 aliphatic carbocycles. The van der Waals surface area contributed by atoms with Crippen LogP contribution in [0.4, 0.5) is 0 Å². The molecule has 0 spiro atoms. The molecule has 3 aromatic rings. The minimum Gasteiger partial charge on any atom is -0.486 e. The van der Waals surface area contributed by atoms with Gasteiger partial charge in [-0.1, -0.05) is 24.1 Å². The molecule has 4 heterocycles. The van der Waals surface area contributed by atoms with Gasteiger partial charge in [0.05, 0.1) is 6.04 Å². The van der Waals surface area contributed by atoms with Crippen LogP contribution in [0.15, 0.2) is 46.3 Å². The fraction of sp³-hybridized carbons (Fsp3) is 0.417. The van der Waals surface area contributed by atoms with Crippen molar-refractivity contribution in [3.05, 3.63) is 52.3 Å². The molecule has 0 saturated carbocycles. The molecule has 1 saturated heterocycles. The van der Waals surface area contributed by atoms with Gasteiger partial charge in [0.25, 0.3) is 5.91 Å². The van der Waals surface area contributed by atoms with Crippen LogP contribution in [0.2, 0.25) is 0 Å². The molecular formula is C24H27N3O4S. The minimum absolute atomic E-state index is 0.182. The molecule has 8 heteroatoms. The lowest BCUT2D eigenvalue weighted by Crippen LogP contribution is -2.38. The Morgan fingerprint density at radius 1 is 1.06 bits per heavy atom. The number of aromatic nitrogens is 1. The van der Waals surface area contributed by atoms with Crippen molar-refractivity contribution >= 4 is 17.2 Å². The number of hydrogen-bond donors (Lipinski definition) is 1. The number of hydrogen-bond acceptors (Lipinski definition) is 7. The number of rotatable bonds is 6. The second-order valence-corrected chi connectivity index (χ2v) is 9.11. The van der Waals surface area contributed by atoms with E-state index in [0.29, 0.717) is 37.0 Å². The molecule has 2 aromatic heterocycles. The van der Waals surface area contributed by atoms with Gasteiger partial charge in [-0.2, -0.15) is 0 Å². The number of carbonyl (C=O) groups excluding carboxylic acids is 1. The first-order valence-corrected chi connectivity index (χ1v) is 12.1. The molecule has 7 nitrogen and oxygen atoms in total. The number of nitrogens with zero attached hydrogens (tertiary/aromatic N) is 2. The average Bonchev–Trinajstić information content (AvgIpc) is 3.47. The van der Waals surface area contributed by atoms with Crippen LogP contribution in [0.3, 0.4) is 0 Å². The zero-order valence-corrected chi connectivity index (χ0v) is 18.7. The van der Waals surface area contributed by atoms with Gasteiger partial charge >= 0.3 is 0 Å². The van der Waals surface area contributed by atoms with E-state index in [1.165, 1.54) is 30.6 Å². The molecule has 1 N–H and O–H groups in total. The highest BCUT2D eigenvalue weighted by molar-refractivity contribution is 7.10. The van der Waals surface area contributed by atoms with Crippen LogP contribution in [-0.2, 0) is 0 Å². The van der Waals surface area contributed by atoms with E-state index >= 15 is 0 Å². The van der Waals surface area contributed by atoms with Gasteiger partial charge < -0.3 is 19.3 Å². The van der Waals surface area contributed by atoms with Crippen molar-refractivity contribution in [1.29, 1.82) is 0 Å². The van der Waals surface area contributed by atoms with Crippen LogP contribution >= 0.6 is 11.3 Å². The molecular weight excluding hydrogens is 426 g/mol. The number of benzene rings is 1. The zero-order valence-electron chi connectivity index (χ0n) is 17.9. The van der Waals surface area contributed by atoms with Crippen molar-refractivity contribution in [1.82, 2.24) is 15.4 Å². The quantitative estimate of drug-likeness (QED) is 0.591. The van der Waals surface area contributed by atoms with Crippen LogP contribution in [0, 0.1) is 0 Å². The van der Waals surface area contributed by atoms with Crippen LogP contribution in [-0.4, -0.2) is 48.8 Å². The lowest BCUT2D eigenvalue weighted by molar-refractivity contribution is 0.0925. The SMILES string of the molecule is O=C(NC[C@H](c1cccs1)N1CCCCCC1)c1cc(-c2ccc3c(c2)OCCO3)on1. The first-order chi connectivity index (χ1) is 15.8. The largest absolute Gasteiger partial charge is 0.486 e. The maximum Gasteiger partial charge on any atom is 0.273 e. The lowest BCUT2D eigenvalue weighted by Gasteiger charge is -2.30. The van der Waals surface area contributed by atoms with Crippen molar-refractivity contribution in [2.75, 3.05) is 32.8 Å².